The third-order valence-corrected chi connectivity index (χ3v) is 2.76. The summed E-state index contributed by atoms with van der Waals surface area (Å²) >= 11 is 0. The first-order chi connectivity index (χ1) is 9.56. The topological polar surface area (TPSA) is 74.9 Å². The van der Waals surface area contributed by atoms with E-state index < -0.39 is 17.6 Å². The highest BCUT2D eigenvalue weighted by molar-refractivity contribution is 5.28. The van der Waals surface area contributed by atoms with Crippen molar-refractivity contribution in [2.45, 2.75) is 19.5 Å². The fourth-order valence-corrected chi connectivity index (χ4v) is 1.76. The molecule has 0 saturated carbocycles. The summed E-state index contributed by atoms with van der Waals surface area (Å²) in [5, 5.41) is 4.68. The first-order valence-electron chi connectivity index (χ1n) is 5.89. The van der Waals surface area contributed by atoms with E-state index in [9.17, 15) is 18.4 Å². The molecule has 0 aliphatic heterocycles. The molecule has 2 N–H and O–H groups in total. The second-order valence-electron chi connectivity index (χ2n) is 4.12. The highest BCUT2D eigenvalue weighted by atomic mass is 19.3. The maximum atomic E-state index is 12.0. The van der Waals surface area contributed by atoms with Gasteiger partial charge in [-0.1, -0.05) is 12.1 Å². The number of benzene rings is 1. The van der Waals surface area contributed by atoms with Crippen LogP contribution in [-0.2, 0) is 12.8 Å². The molecule has 0 spiro atoms. The van der Waals surface area contributed by atoms with Crippen molar-refractivity contribution in [3.8, 4) is 5.75 Å². The molecule has 0 aliphatic carbocycles. The lowest BCUT2D eigenvalue weighted by molar-refractivity contribution is -0.0498. The van der Waals surface area contributed by atoms with Crippen LogP contribution in [-0.4, -0.2) is 16.8 Å². The van der Waals surface area contributed by atoms with Gasteiger partial charge in [0.25, 0.3) is 0 Å². The maximum absolute atomic E-state index is 12.0. The van der Waals surface area contributed by atoms with Gasteiger partial charge in [-0.25, -0.2) is 0 Å². The number of ether oxygens (including phenoxy) is 1. The largest absolute Gasteiger partial charge is 0.435 e. The van der Waals surface area contributed by atoms with E-state index in [0.29, 0.717) is 18.4 Å². The van der Waals surface area contributed by atoms with Crippen molar-refractivity contribution in [3.63, 3.8) is 0 Å². The Hall–Kier alpha value is -2.44. The van der Waals surface area contributed by atoms with Crippen LogP contribution in [0.4, 0.5) is 8.78 Å². The van der Waals surface area contributed by atoms with Crippen LogP contribution in [0.25, 0.3) is 0 Å². The molecule has 5 nitrogen and oxygen atoms in total. The zero-order chi connectivity index (χ0) is 14.5. The fraction of sp³-hybridized carbons (Fsp3) is 0.231. The molecule has 0 amide bonds. The van der Waals surface area contributed by atoms with E-state index in [4.69, 9.17) is 0 Å². The number of aromatic amines is 2. The average Bonchev–Trinajstić information content (AvgIpc) is 2.41. The smallest absolute Gasteiger partial charge is 0.387 e. The molecule has 2 aromatic rings. The number of nitrogens with one attached hydrogen (secondary N) is 2. The number of alkyl halides is 2. The molecule has 1 aromatic heterocycles. The van der Waals surface area contributed by atoms with Crippen LogP contribution in [0.15, 0.2) is 40.1 Å². The van der Waals surface area contributed by atoms with Gasteiger partial charge in [0.1, 0.15) is 5.75 Å². The Labute approximate surface area is 112 Å². The zero-order valence-electron chi connectivity index (χ0n) is 10.4. The van der Waals surface area contributed by atoms with Gasteiger partial charge in [0.05, 0.1) is 0 Å². The number of H-pyrrole nitrogens is 2. The summed E-state index contributed by atoms with van der Waals surface area (Å²) in [6.07, 6.45) is 2.34. The van der Waals surface area contributed by atoms with Gasteiger partial charge in [-0.3, -0.25) is 14.7 Å². The van der Waals surface area contributed by atoms with E-state index in [1.807, 2.05) is 0 Å². The van der Waals surface area contributed by atoms with E-state index in [1.165, 1.54) is 18.3 Å². The van der Waals surface area contributed by atoms with E-state index in [2.05, 4.69) is 14.9 Å². The van der Waals surface area contributed by atoms with Crippen LogP contribution in [0, 0.1) is 0 Å². The number of hydrogen-bond donors (Lipinski definition) is 2. The van der Waals surface area contributed by atoms with Gasteiger partial charge in [0.2, 0.25) is 5.43 Å². The van der Waals surface area contributed by atoms with Crippen LogP contribution in [0.3, 0.4) is 0 Å². The van der Waals surface area contributed by atoms with Crippen molar-refractivity contribution >= 4 is 0 Å². The molecule has 0 aliphatic rings. The predicted octanol–water partition coefficient (Wildman–Crippen LogP) is 1.45. The molecule has 2 rings (SSSR count). The number of aryl methyl sites for hydroxylation is 2. The minimum absolute atomic E-state index is 0.0813. The molecule has 0 radical (unpaired) electrons. The number of halogens is 2. The van der Waals surface area contributed by atoms with Crippen molar-refractivity contribution in [1.82, 2.24) is 10.2 Å². The Morgan fingerprint density at radius 2 is 1.80 bits per heavy atom. The first kappa shape index (κ1) is 14.0. The number of aromatic nitrogens is 2. The predicted molar refractivity (Wildman–Crippen MR) is 68.2 cm³/mol. The third-order valence-electron chi connectivity index (χ3n) is 2.76. The Morgan fingerprint density at radius 1 is 1.10 bits per heavy atom. The molecule has 1 heterocycles. The second-order valence-corrected chi connectivity index (χ2v) is 4.12. The third kappa shape index (κ3) is 3.53. The zero-order valence-corrected chi connectivity index (χ0v) is 10.4. The summed E-state index contributed by atoms with van der Waals surface area (Å²) in [6.45, 7) is -2.85. The quantitative estimate of drug-likeness (QED) is 0.815. The Kier molecular flexibility index (Phi) is 4.29. The molecule has 0 bridgehead atoms. The summed E-state index contributed by atoms with van der Waals surface area (Å²) in [7, 11) is 0. The second kappa shape index (κ2) is 6.14. The summed E-state index contributed by atoms with van der Waals surface area (Å²) in [5.74, 6) is 0.0813. The van der Waals surface area contributed by atoms with E-state index in [0.717, 1.165) is 5.56 Å². The van der Waals surface area contributed by atoms with Gasteiger partial charge < -0.3 is 9.84 Å². The summed E-state index contributed by atoms with van der Waals surface area (Å²) < 4.78 is 28.2. The van der Waals surface area contributed by atoms with Gasteiger partial charge in [-0.05, 0) is 30.5 Å². The lowest BCUT2D eigenvalue weighted by atomic mass is 10.1. The number of hydrogen-bond acceptors (Lipinski definition) is 3. The van der Waals surface area contributed by atoms with Crippen molar-refractivity contribution in [2.24, 2.45) is 0 Å². The summed E-state index contributed by atoms with van der Waals surface area (Å²) in [6, 6.07) is 6.14. The monoisotopic (exact) mass is 282 g/mol. The van der Waals surface area contributed by atoms with Crippen LogP contribution in [0.1, 0.15) is 11.1 Å². The van der Waals surface area contributed by atoms with Gasteiger partial charge in [0.15, 0.2) is 0 Å². The normalized spacial score (nSPS) is 10.8. The van der Waals surface area contributed by atoms with Crippen LogP contribution < -0.4 is 15.7 Å². The van der Waals surface area contributed by atoms with Crippen LogP contribution >= 0.6 is 0 Å². The van der Waals surface area contributed by atoms with E-state index in [1.54, 1.807) is 12.1 Å². The van der Waals surface area contributed by atoms with Crippen molar-refractivity contribution < 1.29 is 13.5 Å². The van der Waals surface area contributed by atoms with E-state index >= 15 is 0 Å². The van der Waals surface area contributed by atoms with Gasteiger partial charge in [-0.15, -0.1) is 0 Å². The molecular weight excluding hydrogens is 270 g/mol. The van der Waals surface area contributed by atoms with Crippen LogP contribution in [0.2, 0.25) is 0 Å². The molecule has 20 heavy (non-hydrogen) atoms. The number of rotatable bonds is 5. The molecule has 0 saturated heterocycles. The summed E-state index contributed by atoms with van der Waals surface area (Å²) in [4.78, 5) is 22.6. The molecule has 0 atom stereocenters. The summed E-state index contributed by atoms with van der Waals surface area (Å²) in [5.41, 5.74) is -0.0301. The molecule has 0 unspecified atom stereocenters. The van der Waals surface area contributed by atoms with Crippen molar-refractivity contribution in [3.05, 3.63) is 62.2 Å². The van der Waals surface area contributed by atoms with Gasteiger partial charge in [0, 0.05) is 11.8 Å². The lowest BCUT2D eigenvalue weighted by Crippen LogP contribution is -2.30. The average molecular weight is 282 g/mol. The Balaban J connectivity index is 2.02. The molecule has 7 heteroatoms. The maximum Gasteiger partial charge on any atom is 0.387 e. The standard InChI is InChI=1S/C13H12F2N2O3/c14-13(15)20-10-5-2-8(3-6-10)1-4-9-7-16-17-12(19)11(9)18/h2-3,5-7,13H,1,4H2,(H,16,18)(H,17,19). The molecule has 0 fully saturated rings. The highest BCUT2D eigenvalue weighted by Crippen LogP contribution is 2.15. The Morgan fingerprint density at radius 3 is 2.45 bits per heavy atom. The van der Waals surface area contributed by atoms with Crippen LogP contribution in [0.5, 0.6) is 5.75 Å². The van der Waals surface area contributed by atoms with Gasteiger partial charge >= 0.3 is 12.2 Å². The first-order valence-corrected chi connectivity index (χ1v) is 5.89. The van der Waals surface area contributed by atoms with E-state index in [-0.39, 0.29) is 5.75 Å². The minimum Gasteiger partial charge on any atom is -0.435 e. The molecule has 1 aromatic carbocycles. The fourth-order valence-electron chi connectivity index (χ4n) is 1.76. The SMILES string of the molecule is O=c1[nH][nH]cc(CCc2ccc(OC(F)F)cc2)c1=O. The minimum atomic E-state index is -2.85. The van der Waals surface area contributed by atoms with Gasteiger partial charge in [-0.2, -0.15) is 8.78 Å². The molecular formula is C13H12F2N2O3. The van der Waals surface area contributed by atoms with Crippen molar-refractivity contribution in [2.75, 3.05) is 0 Å². The molecule has 106 valence electrons. The van der Waals surface area contributed by atoms with Crippen molar-refractivity contribution in [1.29, 1.82) is 0 Å². The Bertz CT molecular complexity index is 677. The highest BCUT2D eigenvalue weighted by Gasteiger charge is 2.05. The lowest BCUT2D eigenvalue weighted by Gasteiger charge is -2.05.